The molecular weight excluding hydrogens is 687 g/mol. The highest BCUT2D eigenvalue weighted by atomic mass is 32.1. The van der Waals surface area contributed by atoms with Gasteiger partial charge in [0.05, 0.1) is 11.4 Å². The number of rotatable bonds is 5. The summed E-state index contributed by atoms with van der Waals surface area (Å²) in [5.41, 5.74) is 13.0. The normalized spacial score (nSPS) is 13.3. The van der Waals surface area contributed by atoms with E-state index >= 15 is 0 Å². The molecule has 8 aromatic carbocycles. The van der Waals surface area contributed by atoms with Crippen LogP contribution in [-0.4, -0.2) is 5.71 Å². The highest BCUT2D eigenvalue weighted by Crippen LogP contribution is 2.41. The van der Waals surface area contributed by atoms with Crippen LogP contribution >= 0.6 is 11.3 Å². The molecule has 0 aliphatic carbocycles. The Kier molecular flexibility index (Phi) is 7.46. The first-order chi connectivity index (χ1) is 27.2. The second-order valence-corrected chi connectivity index (χ2v) is 15.3. The number of thiophene rings is 1. The Morgan fingerprint density at radius 2 is 1.16 bits per heavy atom. The van der Waals surface area contributed by atoms with Crippen LogP contribution in [0.2, 0.25) is 0 Å². The number of benzene rings is 8. The zero-order valence-corrected chi connectivity index (χ0v) is 30.7. The Hall–Kier alpha value is -6.81. The van der Waals surface area contributed by atoms with E-state index in [-0.39, 0.29) is 0 Å². The summed E-state index contributed by atoms with van der Waals surface area (Å²) in [6, 6.07) is 63.0. The van der Waals surface area contributed by atoms with E-state index in [9.17, 15) is 0 Å². The maximum absolute atomic E-state index is 6.58. The molecule has 0 radical (unpaired) electrons. The fourth-order valence-corrected chi connectivity index (χ4v) is 9.39. The lowest BCUT2D eigenvalue weighted by molar-refractivity contribution is 0.669. The van der Waals surface area contributed by atoms with Crippen LogP contribution in [0.5, 0.6) is 0 Å². The Morgan fingerprint density at radius 3 is 2.09 bits per heavy atom. The van der Waals surface area contributed by atoms with Gasteiger partial charge in [0, 0.05) is 42.1 Å². The Bertz CT molecular complexity index is 3230. The van der Waals surface area contributed by atoms with Gasteiger partial charge in [0.2, 0.25) is 0 Å². The molecule has 2 aromatic heterocycles. The van der Waals surface area contributed by atoms with Gasteiger partial charge in [-0.3, -0.25) is 0 Å². The summed E-state index contributed by atoms with van der Waals surface area (Å²) < 4.78 is 9.14. The first kappa shape index (κ1) is 31.7. The minimum atomic E-state index is 0.753. The first-order valence-corrected chi connectivity index (χ1v) is 19.6. The number of fused-ring (bicyclic) bond motifs is 7. The summed E-state index contributed by atoms with van der Waals surface area (Å²) in [4.78, 5) is 5.62. The quantitative estimate of drug-likeness (QED) is 0.174. The number of aliphatic imine (C=N–C) groups is 1. The molecule has 11 rings (SSSR count). The van der Waals surface area contributed by atoms with Gasteiger partial charge in [-0.05, 0) is 99.1 Å². The topological polar surface area (TPSA) is 25.5 Å². The van der Waals surface area contributed by atoms with Crippen LogP contribution < -0.4 is 0 Å². The smallest absolute Gasteiger partial charge is 0.136 e. The number of furan rings is 1. The molecule has 0 N–H and O–H groups in total. The zero-order valence-electron chi connectivity index (χ0n) is 29.9. The highest BCUT2D eigenvalue weighted by molar-refractivity contribution is 7.25. The third kappa shape index (κ3) is 5.51. The van der Waals surface area contributed by atoms with Gasteiger partial charge >= 0.3 is 0 Å². The maximum atomic E-state index is 6.58. The average molecular weight is 720 g/mol. The molecular formula is C52H33NOS. The van der Waals surface area contributed by atoms with E-state index in [0.29, 0.717) is 0 Å². The van der Waals surface area contributed by atoms with E-state index in [1.54, 1.807) is 0 Å². The van der Waals surface area contributed by atoms with Crippen molar-refractivity contribution in [2.75, 3.05) is 0 Å². The molecule has 0 saturated carbocycles. The van der Waals surface area contributed by atoms with Crippen LogP contribution in [0.15, 0.2) is 197 Å². The van der Waals surface area contributed by atoms with Crippen molar-refractivity contribution in [2.45, 2.75) is 6.42 Å². The SMILES string of the molecule is C1=C(c2ccc3ccccc3c2)CC=C(c2cccc3sc4ccccc4c23)N=C1c1cccc2oc3ccc(-c4cccc(-c5ccccc5)c4)cc3c12. The summed E-state index contributed by atoms with van der Waals surface area (Å²) in [5.74, 6) is 0. The van der Waals surface area contributed by atoms with Gasteiger partial charge < -0.3 is 4.42 Å². The van der Waals surface area contributed by atoms with Crippen molar-refractivity contribution in [3.05, 3.63) is 205 Å². The van der Waals surface area contributed by atoms with Crippen LogP contribution in [0.25, 0.3) is 86.4 Å². The van der Waals surface area contributed by atoms with Crippen LogP contribution in [0.4, 0.5) is 0 Å². The Morgan fingerprint density at radius 1 is 0.455 bits per heavy atom. The minimum Gasteiger partial charge on any atom is -0.456 e. The summed E-state index contributed by atoms with van der Waals surface area (Å²) in [6.07, 6.45) is 5.38. The van der Waals surface area contributed by atoms with E-state index in [4.69, 9.17) is 9.41 Å². The molecule has 0 amide bonds. The van der Waals surface area contributed by atoms with Crippen LogP contribution in [0.3, 0.4) is 0 Å². The van der Waals surface area contributed by atoms with E-state index in [0.717, 1.165) is 56.5 Å². The lowest BCUT2D eigenvalue weighted by atomic mass is 9.94. The fraction of sp³-hybridized carbons (Fsp3) is 0.0192. The predicted molar refractivity (Wildman–Crippen MR) is 235 cm³/mol. The average Bonchev–Trinajstić information content (AvgIpc) is 3.74. The van der Waals surface area contributed by atoms with Crippen molar-refractivity contribution in [1.82, 2.24) is 0 Å². The molecule has 0 unspecified atom stereocenters. The van der Waals surface area contributed by atoms with E-state index in [1.165, 1.54) is 58.8 Å². The van der Waals surface area contributed by atoms with Crippen LogP contribution in [0, 0.1) is 0 Å². The molecule has 2 nitrogen and oxygen atoms in total. The molecule has 0 spiro atoms. The monoisotopic (exact) mass is 719 g/mol. The van der Waals surface area contributed by atoms with Crippen LogP contribution in [-0.2, 0) is 0 Å². The van der Waals surface area contributed by atoms with Gasteiger partial charge in [-0.15, -0.1) is 11.3 Å². The molecule has 0 fully saturated rings. The second-order valence-electron chi connectivity index (χ2n) is 14.2. The van der Waals surface area contributed by atoms with Crippen molar-refractivity contribution in [3.63, 3.8) is 0 Å². The van der Waals surface area contributed by atoms with Gasteiger partial charge in [0.15, 0.2) is 0 Å². The van der Waals surface area contributed by atoms with Crippen molar-refractivity contribution in [2.24, 2.45) is 4.99 Å². The van der Waals surface area contributed by atoms with Crippen LogP contribution in [0.1, 0.15) is 23.1 Å². The molecule has 0 bridgehead atoms. The summed E-state index contributed by atoms with van der Waals surface area (Å²) in [5, 5.41) is 7.16. The molecule has 1 aliphatic heterocycles. The number of hydrogen-bond acceptors (Lipinski definition) is 3. The van der Waals surface area contributed by atoms with E-state index in [1.807, 2.05) is 11.3 Å². The third-order valence-electron chi connectivity index (χ3n) is 10.9. The molecule has 0 atom stereocenters. The maximum Gasteiger partial charge on any atom is 0.136 e. The predicted octanol–water partition coefficient (Wildman–Crippen LogP) is 14.8. The molecule has 55 heavy (non-hydrogen) atoms. The van der Waals surface area contributed by atoms with Gasteiger partial charge in [-0.25, -0.2) is 4.99 Å². The highest BCUT2D eigenvalue weighted by Gasteiger charge is 2.20. The summed E-state index contributed by atoms with van der Waals surface area (Å²) in [6.45, 7) is 0. The zero-order chi connectivity index (χ0) is 36.3. The molecule has 0 saturated heterocycles. The summed E-state index contributed by atoms with van der Waals surface area (Å²) in [7, 11) is 0. The van der Waals surface area contributed by atoms with Gasteiger partial charge in [0.25, 0.3) is 0 Å². The number of nitrogens with zero attached hydrogens (tertiary/aromatic N) is 1. The van der Waals surface area contributed by atoms with Gasteiger partial charge in [0.1, 0.15) is 11.2 Å². The molecule has 3 heteroatoms. The molecule has 258 valence electrons. The lowest BCUT2D eigenvalue weighted by Crippen LogP contribution is -1.99. The third-order valence-corrected chi connectivity index (χ3v) is 12.1. The Labute approximate surface area is 322 Å². The molecule has 3 heterocycles. The van der Waals surface area contributed by atoms with Crippen molar-refractivity contribution >= 4 is 81.2 Å². The molecule has 1 aliphatic rings. The van der Waals surface area contributed by atoms with Crippen molar-refractivity contribution in [3.8, 4) is 22.3 Å². The van der Waals surface area contributed by atoms with Gasteiger partial charge in [-0.2, -0.15) is 0 Å². The van der Waals surface area contributed by atoms with Crippen molar-refractivity contribution in [1.29, 1.82) is 0 Å². The fourth-order valence-electron chi connectivity index (χ4n) is 8.25. The van der Waals surface area contributed by atoms with Gasteiger partial charge in [-0.1, -0.05) is 140 Å². The number of allylic oxidation sites excluding steroid dienone is 3. The van der Waals surface area contributed by atoms with E-state index < -0.39 is 0 Å². The minimum absolute atomic E-state index is 0.753. The molecule has 10 aromatic rings. The van der Waals surface area contributed by atoms with Crippen molar-refractivity contribution < 1.29 is 4.42 Å². The summed E-state index contributed by atoms with van der Waals surface area (Å²) >= 11 is 1.84. The Balaban J connectivity index is 1.12. The second kappa shape index (κ2) is 12.9. The standard InChI is InChI=1S/C52H33NOS/c1-2-11-33(12-3-1)36-15-8-16-37(29-36)39-26-28-47-44(31-39)51-42(18-9-20-48(51)54-47)46-32-40(38-24-23-34-13-4-5-14-35(34)30-38)25-27-45(53-46)41-19-10-22-50-52(41)43-17-6-7-21-49(43)55-50/h1-24,26-32H,25H2. The lowest BCUT2D eigenvalue weighted by Gasteiger charge is -2.10. The van der Waals surface area contributed by atoms with E-state index in [2.05, 4.69) is 188 Å². The largest absolute Gasteiger partial charge is 0.456 e. The first-order valence-electron chi connectivity index (χ1n) is 18.7. The number of hydrogen-bond donors (Lipinski definition) is 0.